The molecule has 0 amide bonds. The number of hydrogen-bond donors (Lipinski definition) is 2. The Balaban J connectivity index is 1.71. The maximum absolute atomic E-state index is 6.26. The Kier molecular flexibility index (Phi) is 5.00. The fraction of sp³-hybridized carbons (Fsp3) is 0.375. The number of piperazine rings is 1. The van der Waals surface area contributed by atoms with E-state index in [4.69, 9.17) is 5.73 Å². The SMILES string of the molecule is Cc1ccc(Sc2ncnc(NN3CCN(C)CC3)c2N)cc1. The van der Waals surface area contributed by atoms with Gasteiger partial charge in [-0.05, 0) is 26.1 Å². The second-order valence-corrected chi connectivity index (χ2v) is 6.82. The maximum Gasteiger partial charge on any atom is 0.168 e. The number of aromatic nitrogens is 2. The molecule has 1 saturated heterocycles. The molecule has 6 nitrogen and oxygen atoms in total. The number of hydrazine groups is 1. The molecule has 0 aliphatic carbocycles. The predicted octanol–water partition coefficient (Wildman–Crippen LogP) is 2.09. The summed E-state index contributed by atoms with van der Waals surface area (Å²) in [5, 5.41) is 2.93. The zero-order valence-electron chi connectivity index (χ0n) is 13.5. The molecular weight excluding hydrogens is 308 g/mol. The van der Waals surface area contributed by atoms with Crippen molar-refractivity contribution in [2.24, 2.45) is 0 Å². The quantitative estimate of drug-likeness (QED) is 0.832. The molecule has 0 radical (unpaired) electrons. The number of anilines is 2. The number of nitrogen functional groups attached to an aromatic ring is 1. The van der Waals surface area contributed by atoms with Gasteiger partial charge in [0.25, 0.3) is 0 Å². The van der Waals surface area contributed by atoms with Crippen LogP contribution in [0.1, 0.15) is 5.56 Å². The van der Waals surface area contributed by atoms with Gasteiger partial charge in [-0.25, -0.2) is 15.0 Å². The molecule has 0 bridgehead atoms. The van der Waals surface area contributed by atoms with Crippen molar-refractivity contribution < 1.29 is 0 Å². The Morgan fingerprint density at radius 3 is 2.48 bits per heavy atom. The summed E-state index contributed by atoms with van der Waals surface area (Å²) in [5.74, 6) is 0.680. The van der Waals surface area contributed by atoms with Gasteiger partial charge in [-0.1, -0.05) is 29.5 Å². The van der Waals surface area contributed by atoms with Crippen molar-refractivity contribution in [3.63, 3.8) is 0 Å². The molecule has 1 aliphatic heterocycles. The molecule has 1 aliphatic rings. The molecule has 3 rings (SSSR count). The highest BCUT2D eigenvalue weighted by atomic mass is 32.2. The second-order valence-electron chi connectivity index (χ2n) is 5.76. The third-order valence-corrected chi connectivity index (χ3v) is 4.88. The minimum Gasteiger partial charge on any atom is -0.393 e. The van der Waals surface area contributed by atoms with E-state index in [0.717, 1.165) is 36.1 Å². The summed E-state index contributed by atoms with van der Waals surface area (Å²) < 4.78 is 0. The fourth-order valence-corrected chi connectivity index (χ4v) is 3.14. The molecule has 2 aromatic rings. The van der Waals surface area contributed by atoms with Crippen LogP contribution in [0.4, 0.5) is 11.5 Å². The summed E-state index contributed by atoms with van der Waals surface area (Å²) in [5.41, 5.74) is 11.4. The minimum atomic E-state index is 0.594. The van der Waals surface area contributed by atoms with Gasteiger partial charge in [0.1, 0.15) is 17.0 Å². The van der Waals surface area contributed by atoms with Crippen molar-refractivity contribution in [2.75, 3.05) is 44.4 Å². The maximum atomic E-state index is 6.26. The van der Waals surface area contributed by atoms with E-state index in [1.165, 1.54) is 5.56 Å². The molecular formula is C16H22N6S. The van der Waals surface area contributed by atoms with E-state index in [-0.39, 0.29) is 0 Å². The van der Waals surface area contributed by atoms with E-state index in [0.29, 0.717) is 11.5 Å². The summed E-state index contributed by atoms with van der Waals surface area (Å²) >= 11 is 1.56. The molecule has 0 atom stereocenters. The number of nitrogens with zero attached hydrogens (tertiary/aromatic N) is 4. The van der Waals surface area contributed by atoms with Crippen molar-refractivity contribution in [1.29, 1.82) is 0 Å². The minimum absolute atomic E-state index is 0.594. The Morgan fingerprint density at radius 2 is 1.78 bits per heavy atom. The Morgan fingerprint density at radius 1 is 1.09 bits per heavy atom. The van der Waals surface area contributed by atoms with Crippen LogP contribution in [0.3, 0.4) is 0 Å². The number of benzene rings is 1. The van der Waals surface area contributed by atoms with Gasteiger partial charge in [-0.3, -0.25) is 0 Å². The van der Waals surface area contributed by atoms with Gasteiger partial charge in [0.15, 0.2) is 5.82 Å². The topological polar surface area (TPSA) is 70.3 Å². The summed E-state index contributed by atoms with van der Waals surface area (Å²) in [4.78, 5) is 12.0. The highest BCUT2D eigenvalue weighted by molar-refractivity contribution is 7.99. The fourth-order valence-electron chi connectivity index (χ4n) is 2.34. The first-order chi connectivity index (χ1) is 11.1. The summed E-state index contributed by atoms with van der Waals surface area (Å²) in [6.45, 7) is 6.03. The van der Waals surface area contributed by atoms with Crippen LogP contribution in [0, 0.1) is 6.92 Å². The van der Waals surface area contributed by atoms with Crippen LogP contribution in [-0.4, -0.2) is 53.1 Å². The smallest absolute Gasteiger partial charge is 0.168 e. The van der Waals surface area contributed by atoms with Gasteiger partial charge in [-0.2, -0.15) is 0 Å². The van der Waals surface area contributed by atoms with Gasteiger partial charge in [0, 0.05) is 31.1 Å². The van der Waals surface area contributed by atoms with E-state index in [2.05, 4.69) is 63.5 Å². The molecule has 23 heavy (non-hydrogen) atoms. The summed E-state index contributed by atoms with van der Waals surface area (Å²) in [6.07, 6.45) is 1.56. The lowest BCUT2D eigenvalue weighted by Crippen LogP contribution is -2.47. The predicted molar refractivity (Wildman–Crippen MR) is 94.4 cm³/mol. The molecule has 0 unspecified atom stereocenters. The van der Waals surface area contributed by atoms with E-state index in [9.17, 15) is 0 Å². The molecule has 3 N–H and O–H groups in total. The average Bonchev–Trinajstić information content (AvgIpc) is 2.55. The molecule has 1 aromatic carbocycles. The molecule has 0 saturated carbocycles. The molecule has 7 heteroatoms. The molecule has 1 aromatic heterocycles. The Bertz CT molecular complexity index is 652. The van der Waals surface area contributed by atoms with Gasteiger partial charge in [-0.15, -0.1) is 0 Å². The summed E-state index contributed by atoms with van der Waals surface area (Å²) in [7, 11) is 2.13. The van der Waals surface area contributed by atoms with Crippen molar-refractivity contribution >= 4 is 23.3 Å². The van der Waals surface area contributed by atoms with E-state index >= 15 is 0 Å². The van der Waals surface area contributed by atoms with Crippen molar-refractivity contribution in [3.05, 3.63) is 36.2 Å². The van der Waals surface area contributed by atoms with Gasteiger partial charge in [0.2, 0.25) is 0 Å². The average molecular weight is 330 g/mol. The monoisotopic (exact) mass is 330 g/mol. The van der Waals surface area contributed by atoms with E-state index < -0.39 is 0 Å². The lowest BCUT2D eigenvalue weighted by Gasteiger charge is -2.32. The molecule has 1 fully saturated rings. The summed E-state index contributed by atoms with van der Waals surface area (Å²) in [6, 6.07) is 8.33. The number of nitrogens with two attached hydrogens (primary N) is 1. The second kappa shape index (κ2) is 7.16. The number of likely N-dealkylation sites (N-methyl/N-ethyl adjacent to an activating group) is 1. The number of rotatable bonds is 4. The number of aryl methyl sites for hydroxylation is 1. The lowest BCUT2D eigenvalue weighted by atomic mass is 10.2. The van der Waals surface area contributed by atoms with Gasteiger partial charge >= 0.3 is 0 Å². The van der Waals surface area contributed by atoms with E-state index in [1.807, 2.05) is 0 Å². The van der Waals surface area contributed by atoms with Crippen molar-refractivity contribution in [1.82, 2.24) is 19.9 Å². The standard InChI is InChI=1S/C16H22N6S/c1-12-3-5-13(6-4-12)23-16-14(17)15(18-11-19-16)20-22-9-7-21(2)8-10-22/h3-6,11H,7-10,17H2,1-2H3,(H,18,19,20). The van der Waals surface area contributed by atoms with Gasteiger partial charge < -0.3 is 16.1 Å². The normalized spacial score (nSPS) is 16.4. The molecule has 122 valence electrons. The molecule has 0 spiro atoms. The van der Waals surface area contributed by atoms with E-state index in [1.54, 1.807) is 18.1 Å². The van der Waals surface area contributed by atoms with Crippen LogP contribution >= 0.6 is 11.8 Å². The highest BCUT2D eigenvalue weighted by Gasteiger charge is 2.16. The number of hydrogen-bond acceptors (Lipinski definition) is 7. The number of nitrogens with one attached hydrogen (secondary N) is 1. The highest BCUT2D eigenvalue weighted by Crippen LogP contribution is 2.33. The lowest BCUT2D eigenvalue weighted by molar-refractivity contribution is 0.178. The Hall–Kier alpha value is -1.83. The molecule has 2 heterocycles. The zero-order chi connectivity index (χ0) is 16.2. The third-order valence-electron chi connectivity index (χ3n) is 3.85. The zero-order valence-corrected chi connectivity index (χ0v) is 14.3. The Labute approximate surface area is 141 Å². The first-order valence-electron chi connectivity index (χ1n) is 7.67. The van der Waals surface area contributed by atoms with Crippen molar-refractivity contribution in [2.45, 2.75) is 16.8 Å². The third kappa shape index (κ3) is 4.13. The van der Waals surface area contributed by atoms with Crippen LogP contribution in [0.2, 0.25) is 0 Å². The first kappa shape index (κ1) is 16.0. The van der Waals surface area contributed by atoms with Crippen LogP contribution < -0.4 is 11.2 Å². The van der Waals surface area contributed by atoms with Crippen LogP contribution in [0.5, 0.6) is 0 Å². The first-order valence-corrected chi connectivity index (χ1v) is 8.48. The van der Waals surface area contributed by atoms with Crippen LogP contribution in [0.25, 0.3) is 0 Å². The van der Waals surface area contributed by atoms with Gasteiger partial charge in [0.05, 0.1) is 0 Å². The van der Waals surface area contributed by atoms with Crippen molar-refractivity contribution in [3.8, 4) is 0 Å². The van der Waals surface area contributed by atoms with Crippen LogP contribution in [0.15, 0.2) is 40.5 Å². The van der Waals surface area contributed by atoms with Crippen LogP contribution in [-0.2, 0) is 0 Å². The largest absolute Gasteiger partial charge is 0.393 e.